The highest BCUT2D eigenvalue weighted by Gasteiger charge is 2.13. The summed E-state index contributed by atoms with van der Waals surface area (Å²) in [6.07, 6.45) is 1.20. The van der Waals surface area contributed by atoms with Crippen molar-refractivity contribution in [3.63, 3.8) is 0 Å². The van der Waals surface area contributed by atoms with Gasteiger partial charge in [-0.25, -0.2) is 8.42 Å². The first-order chi connectivity index (χ1) is 10.0. The lowest BCUT2D eigenvalue weighted by Crippen LogP contribution is -2.02. The standard InChI is InChI=1S/C15H15NO4S/c1-21(17,18)13-4-2-3-12(8-13)16-9-11-5-6-14-15(7-11)20-10-19-14/h2-8,16H,9-10H2,1H3. The summed E-state index contributed by atoms with van der Waals surface area (Å²) in [7, 11) is -3.19. The molecule has 1 N–H and O–H groups in total. The van der Waals surface area contributed by atoms with Gasteiger partial charge >= 0.3 is 0 Å². The van der Waals surface area contributed by atoms with E-state index in [0.29, 0.717) is 11.4 Å². The van der Waals surface area contributed by atoms with Gasteiger partial charge in [0, 0.05) is 18.5 Å². The summed E-state index contributed by atoms with van der Waals surface area (Å²) in [4.78, 5) is 0.304. The third-order valence-electron chi connectivity index (χ3n) is 3.20. The van der Waals surface area contributed by atoms with E-state index in [1.165, 1.54) is 6.26 Å². The van der Waals surface area contributed by atoms with Gasteiger partial charge in [0.1, 0.15) is 0 Å². The lowest BCUT2D eigenvalue weighted by atomic mass is 10.2. The van der Waals surface area contributed by atoms with Gasteiger partial charge in [-0.2, -0.15) is 0 Å². The highest BCUT2D eigenvalue weighted by atomic mass is 32.2. The molecule has 0 amide bonds. The van der Waals surface area contributed by atoms with E-state index in [1.54, 1.807) is 18.2 Å². The Hall–Kier alpha value is -2.21. The zero-order chi connectivity index (χ0) is 14.9. The van der Waals surface area contributed by atoms with Crippen LogP contribution in [0.15, 0.2) is 47.4 Å². The molecule has 5 nitrogen and oxygen atoms in total. The number of sulfone groups is 1. The molecule has 0 unspecified atom stereocenters. The second kappa shape index (κ2) is 5.29. The summed E-state index contributed by atoms with van der Waals surface area (Å²) >= 11 is 0. The molecule has 1 aliphatic rings. The van der Waals surface area contributed by atoms with Gasteiger partial charge in [-0.15, -0.1) is 0 Å². The van der Waals surface area contributed by atoms with Crippen LogP contribution < -0.4 is 14.8 Å². The molecule has 21 heavy (non-hydrogen) atoms. The van der Waals surface area contributed by atoms with Gasteiger partial charge in [-0.1, -0.05) is 12.1 Å². The highest BCUT2D eigenvalue weighted by molar-refractivity contribution is 7.90. The predicted molar refractivity (Wildman–Crippen MR) is 79.4 cm³/mol. The van der Waals surface area contributed by atoms with Crippen molar-refractivity contribution in [2.45, 2.75) is 11.4 Å². The van der Waals surface area contributed by atoms with Crippen LogP contribution >= 0.6 is 0 Å². The second-order valence-electron chi connectivity index (χ2n) is 4.84. The molecule has 3 rings (SSSR count). The fourth-order valence-corrected chi connectivity index (χ4v) is 2.76. The molecule has 2 aromatic carbocycles. The lowest BCUT2D eigenvalue weighted by molar-refractivity contribution is 0.174. The smallest absolute Gasteiger partial charge is 0.231 e. The monoisotopic (exact) mass is 305 g/mol. The van der Waals surface area contributed by atoms with Gasteiger partial charge < -0.3 is 14.8 Å². The number of ether oxygens (including phenoxy) is 2. The van der Waals surface area contributed by atoms with Crippen LogP contribution in [-0.4, -0.2) is 21.5 Å². The maximum Gasteiger partial charge on any atom is 0.231 e. The van der Waals surface area contributed by atoms with Crippen LogP contribution in [0.2, 0.25) is 0 Å². The van der Waals surface area contributed by atoms with E-state index < -0.39 is 9.84 Å². The second-order valence-corrected chi connectivity index (χ2v) is 6.86. The molecule has 0 aliphatic carbocycles. The van der Waals surface area contributed by atoms with E-state index in [-0.39, 0.29) is 6.79 Å². The summed E-state index contributed by atoms with van der Waals surface area (Å²) in [6.45, 7) is 0.826. The topological polar surface area (TPSA) is 64.6 Å². The van der Waals surface area contributed by atoms with Crippen molar-refractivity contribution in [1.82, 2.24) is 0 Å². The van der Waals surface area contributed by atoms with Crippen molar-refractivity contribution in [3.8, 4) is 11.5 Å². The summed E-state index contributed by atoms with van der Waals surface area (Å²) in [5.74, 6) is 1.48. The van der Waals surface area contributed by atoms with Crippen LogP contribution in [0.1, 0.15) is 5.56 Å². The van der Waals surface area contributed by atoms with Gasteiger partial charge in [0.2, 0.25) is 6.79 Å². The predicted octanol–water partition coefficient (Wildman–Crippen LogP) is 2.43. The van der Waals surface area contributed by atoms with Crippen LogP contribution in [0, 0.1) is 0 Å². The van der Waals surface area contributed by atoms with Gasteiger partial charge in [0.05, 0.1) is 4.90 Å². The van der Waals surface area contributed by atoms with Gasteiger partial charge in [-0.3, -0.25) is 0 Å². The number of anilines is 1. The van der Waals surface area contributed by atoms with Crippen molar-refractivity contribution in [2.75, 3.05) is 18.4 Å². The van der Waals surface area contributed by atoms with E-state index >= 15 is 0 Å². The lowest BCUT2D eigenvalue weighted by Gasteiger charge is -2.08. The Morgan fingerprint density at radius 1 is 1.10 bits per heavy atom. The van der Waals surface area contributed by atoms with Crippen molar-refractivity contribution in [3.05, 3.63) is 48.0 Å². The first-order valence-corrected chi connectivity index (χ1v) is 8.34. The molecule has 1 heterocycles. The molecule has 0 fully saturated rings. The quantitative estimate of drug-likeness (QED) is 0.940. The molecular weight excluding hydrogens is 290 g/mol. The maximum atomic E-state index is 11.5. The van der Waals surface area contributed by atoms with E-state index in [4.69, 9.17) is 9.47 Å². The molecule has 0 spiro atoms. The SMILES string of the molecule is CS(=O)(=O)c1cccc(NCc2ccc3c(c2)OCO3)c1. The van der Waals surface area contributed by atoms with E-state index in [2.05, 4.69) is 5.32 Å². The molecule has 6 heteroatoms. The molecular formula is C15H15NO4S. The summed E-state index contributed by atoms with van der Waals surface area (Å²) in [6, 6.07) is 12.5. The number of benzene rings is 2. The minimum atomic E-state index is -3.19. The molecule has 0 aromatic heterocycles. The first-order valence-electron chi connectivity index (χ1n) is 6.45. The van der Waals surface area contributed by atoms with Crippen LogP contribution in [0.25, 0.3) is 0 Å². The molecule has 0 radical (unpaired) electrons. The molecule has 1 aliphatic heterocycles. The first kappa shape index (κ1) is 13.8. The zero-order valence-electron chi connectivity index (χ0n) is 11.5. The van der Waals surface area contributed by atoms with Gasteiger partial charge in [0.15, 0.2) is 21.3 Å². The third-order valence-corrected chi connectivity index (χ3v) is 4.31. The van der Waals surface area contributed by atoms with Crippen molar-refractivity contribution in [1.29, 1.82) is 0 Å². The van der Waals surface area contributed by atoms with Crippen LogP contribution in [0.5, 0.6) is 11.5 Å². The minimum absolute atomic E-state index is 0.253. The van der Waals surface area contributed by atoms with Crippen molar-refractivity contribution >= 4 is 15.5 Å². The van der Waals surface area contributed by atoms with Crippen LogP contribution in [-0.2, 0) is 16.4 Å². The van der Waals surface area contributed by atoms with Gasteiger partial charge in [0.25, 0.3) is 0 Å². The Morgan fingerprint density at radius 3 is 2.71 bits per heavy atom. The number of nitrogens with one attached hydrogen (secondary N) is 1. The summed E-state index contributed by atoms with van der Waals surface area (Å²) < 4.78 is 33.6. The molecule has 0 bridgehead atoms. The van der Waals surface area contributed by atoms with E-state index in [9.17, 15) is 8.42 Å². The minimum Gasteiger partial charge on any atom is -0.454 e. The number of rotatable bonds is 4. The third kappa shape index (κ3) is 3.11. The Morgan fingerprint density at radius 2 is 1.90 bits per heavy atom. The van der Waals surface area contributed by atoms with E-state index in [0.717, 1.165) is 22.7 Å². The maximum absolute atomic E-state index is 11.5. The van der Waals surface area contributed by atoms with Gasteiger partial charge in [-0.05, 0) is 35.9 Å². The fraction of sp³-hybridized carbons (Fsp3) is 0.200. The Kier molecular flexibility index (Phi) is 3.47. The molecule has 0 saturated carbocycles. The number of hydrogen-bond donors (Lipinski definition) is 1. The zero-order valence-corrected chi connectivity index (χ0v) is 12.3. The van der Waals surface area contributed by atoms with Crippen LogP contribution in [0.3, 0.4) is 0 Å². The van der Waals surface area contributed by atoms with E-state index in [1.807, 2.05) is 24.3 Å². The van der Waals surface area contributed by atoms with Crippen LogP contribution in [0.4, 0.5) is 5.69 Å². The summed E-state index contributed by atoms with van der Waals surface area (Å²) in [5, 5.41) is 3.20. The average Bonchev–Trinajstić information content (AvgIpc) is 2.92. The number of hydrogen-bond acceptors (Lipinski definition) is 5. The average molecular weight is 305 g/mol. The van der Waals surface area contributed by atoms with Crippen molar-refractivity contribution in [2.24, 2.45) is 0 Å². The van der Waals surface area contributed by atoms with Crippen molar-refractivity contribution < 1.29 is 17.9 Å². The Balaban J connectivity index is 1.73. The molecule has 0 atom stereocenters. The molecule has 0 saturated heterocycles. The summed E-state index contributed by atoms with van der Waals surface area (Å²) in [5.41, 5.74) is 1.79. The largest absolute Gasteiger partial charge is 0.454 e. The number of fused-ring (bicyclic) bond motifs is 1. The molecule has 110 valence electrons. The highest BCUT2D eigenvalue weighted by Crippen LogP contribution is 2.32. The fourth-order valence-electron chi connectivity index (χ4n) is 2.09. The Bertz CT molecular complexity index is 771. The Labute approximate surface area is 123 Å². The molecule has 2 aromatic rings. The normalized spacial score (nSPS) is 13.2.